The van der Waals surface area contributed by atoms with Gasteiger partial charge in [0.05, 0.1) is 30.5 Å². The van der Waals surface area contributed by atoms with Crippen LogP contribution in [0.3, 0.4) is 0 Å². The van der Waals surface area contributed by atoms with Gasteiger partial charge in [0, 0.05) is 16.6 Å². The van der Waals surface area contributed by atoms with Crippen LogP contribution < -0.4 is 11.1 Å². The van der Waals surface area contributed by atoms with Crippen LogP contribution in [0.2, 0.25) is 0 Å². The second-order valence-electron chi connectivity index (χ2n) is 5.88. The molecule has 152 valence electrons. The smallest absolute Gasteiger partial charge is 0.230 e. The summed E-state index contributed by atoms with van der Waals surface area (Å²) in [7, 11) is 0. The number of amides is 1. The van der Waals surface area contributed by atoms with Gasteiger partial charge in [-0.25, -0.2) is 4.98 Å². The van der Waals surface area contributed by atoms with Crippen molar-refractivity contribution in [1.29, 1.82) is 0 Å². The maximum Gasteiger partial charge on any atom is 0.230 e. The zero-order valence-electron chi connectivity index (χ0n) is 28.5. The molecule has 0 radical (unpaired) electrons. The maximum atomic E-state index is 12.7. The van der Waals surface area contributed by atoms with Crippen LogP contribution >= 0.6 is 11.3 Å². The SMILES string of the molecule is [2H]c1c([2H])c(C)c([2H])c([C@@]([2H])(O)CCC([2H])([2H])Cc2c([2H])c([2H])c(NC(=O)C([2H])([2H])c3csc(N)n3)c([2H])c2[2H])c1[2H]. The van der Waals surface area contributed by atoms with Gasteiger partial charge in [-0.15, -0.1) is 11.3 Å². The van der Waals surface area contributed by atoms with E-state index in [0.29, 0.717) is 0 Å². The van der Waals surface area contributed by atoms with Gasteiger partial charge in [0.1, 0.15) is 0 Å². The van der Waals surface area contributed by atoms with E-state index in [1.54, 1.807) is 0 Å². The Balaban J connectivity index is 1.87. The highest BCUT2D eigenvalue weighted by atomic mass is 32.1. The number of carbonyl (C=O) groups excluding carboxylic acids is 1. The number of nitrogens with zero attached hydrogens (tertiary/aromatic N) is 1. The van der Waals surface area contributed by atoms with Gasteiger partial charge in [0.25, 0.3) is 0 Å². The molecule has 29 heavy (non-hydrogen) atoms. The van der Waals surface area contributed by atoms with Gasteiger partial charge in [0.15, 0.2) is 5.13 Å². The lowest BCUT2D eigenvalue weighted by molar-refractivity contribution is -0.115. The van der Waals surface area contributed by atoms with Crippen molar-refractivity contribution in [2.24, 2.45) is 0 Å². The summed E-state index contributed by atoms with van der Waals surface area (Å²) in [6, 6.07) is -5.08. The molecule has 1 atom stereocenters. The van der Waals surface area contributed by atoms with Crippen molar-refractivity contribution in [2.45, 2.75) is 45.0 Å². The third-order valence-corrected chi connectivity index (χ3v) is 4.23. The van der Waals surface area contributed by atoms with E-state index in [4.69, 9.17) is 23.6 Å². The molecule has 0 fully saturated rings. The standard InChI is InChI=1S/C23H27N3O2S/c1-16-5-4-7-18(13-16)21(27)8-3-2-6-17-9-11-19(12-10-17)25-22(28)14-20-15-29-23(24)26-20/h4-5,7,9-13,15,21,27H,2-3,6,8,14H2,1H3,(H2,24,26)(H,25,28)/t21-/m0/s1/i2D2,4D,5D,7D,9D,10D,11D,12D,13D,14D2,21D. The Morgan fingerprint density at radius 2 is 2.17 bits per heavy atom. The summed E-state index contributed by atoms with van der Waals surface area (Å²) in [5, 5.41) is 14.1. The van der Waals surface area contributed by atoms with E-state index >= 15 is 0 Å². The zero-order chi connectivity index (χ0) is 32.1. The van der Waals surface area contributed by atoms with Crippen LogP contribution in [-0.2, 0) is 17.6 Å². The lowest BCUT2D eigenvalue weighted by atomic mass is 10.00. The number of anilines is 2. The summed E-state index contributed by atoms with van der Waals surface area (Å²) in [6.45, 7) is 1.33. The number of hydrogen-bond donors (Lipinski definition) is 3. The number of benzene rings is 2. The van der Waals surface area contributed by atoms with Crippen LogP contribution in [0.1, 0.15) is 65.5 Å². The molecule has 3 aromatic rings. The molecule has 0 bridgehead atoms. The Morgan fingerprint density at radius 3 is 2.90 bits per heavy atom. The Kier molecular flexibility index (Phi) is 3.47. The second-order valence-corrected chi connectivity index (χ2v) is 6.77. The molecular weight excluding hydrogens is 382 g/mol. The van der Waals surface area contributed by atoms with Crippen LogP contribution in [0.4, 0.5) is 10.8 Å². The topological polar surface area (TPSA) is 88.2 Å². The van der Waals surface area contributed by atoms with Crippen LogP contribution in [0.15, 0.2) is 53.7 Å². The molecule has 5 nitrogen and oxygen atoms in total. The molecule has 2 aromatic carbocycles. The molecule has 3 rings (SSSR count). The molecule has 0 unspecified atom stereocenters. The van der Waals surface area contributed by atoms with E-state index in [2.05, 4.69) is 10.3 Å². The minimum atomic E-state index is -2.72. The molecule has 4 N–H and O–H groups in total. The van der Waals surface area contributed by atoms with E-state index in [-0.39, 0.29) is 22.0 Å². The van der Waals surface area contributed by atoms with E-state index < -0.39 is 104 Å². The predicted octanol–water partition coefficient (Wildman–Crippen LogP) is 4.66. The number of nitrogens with one attached hydrogen (secondary N) is 1. The van der Waals surface area contributed by atoms with E-state index in [0.717, 1.165) is 11.3 Å². The lowest BCUT2D eigenvalue weighted by Gasteiger charge is -2.11. The van der Waals surface area contributed by atoms with Gasteiger partial charge in [0.2, 0.25) is 5.91 Å². The normalized spacial score (nSPS) is 20.4. The van der Waals surface area contributed by atoms with Crippen LogP contribution in [-0.4, -0.2) is 16.0 Å². The zero-order valence-corrected chi connectivity index (χ0v) is 16.3. The average molecular weight is 423 g/mol. The minimum Gasteiger partial charge on any atom is -0.388 e. The molecule has 0 aliphatic heterocycles. The molecule has 1 aromatic heterocycles. The highest BCUT2D eigenvalue weighted by molar-refractivity contribution is 7.13. The highest BCUT2D eigenvalue weighted by Crippen LogP contribution is 2.21. The summed E-state index contributed by atoms with van der Waals surface area (Å²) in [4.78, 5) is 16.4. The van der Waals surface area contributed by atoms with Crippen molar-refractivity contribution in [3.8, 4) is 0 Å². The van der Waals surface area contributed by atoms with Gasteiger partial charge in [-0.3, -0.25) is 4.79 Å². The fourth-order valence-electron chi connectivity index (χ4n) is 2.22. The van der Waals surface area contributed by atoms with Gasteiger partial charge in [-0.05, 0) is 49.4 Å². The molecule has 1 heterocycles. The largest absolute Gasteiger partial charge is 0.388 e. The van der Waals surface area contributed by atoms with E-state index in [9.17, 15) is 9.90 Å². The summed E-state index contributed by atoms with van der Waals surface area (Å²) in [5.74, 6) is -1.32. The summed E-state index contributed by atoms with van der Waals surface area (Å²) < 4.78 is 106. The highest BCUT2D eigenvalue weighted by Gasteiger charge is 2.08. The first-order valence-corrected chi connectivity index (χ1v) is 9.44. The Labute approximate surface area is 193 Å². The van der Waals surface area contributed by atoms with Gasteiger partial charge >= 0.3 is 0 Å². The predicted molar refractivity (Wildman–Crippen MR) is 119 cm³/mol. The number of rotatable bonds is 9. The van der Waals surface area contributed by atoms with Gasteiger partial charge < -0.3 is 16.2 Å². The number of thiazole rings is 1. The van der Waals surface area contributed by atoms with Crippen LogP contribution in [0.5, 0.6) is 0 Å². The lowest BCUT2D eigenvalue weighted by Crippen LogP contribution is -2.14. The Morgan fingerprint density at radius 1 is 1.38 bits per heavy atom. The number of carbonyl (C=O) groups is 1. The molecule has 0 saturated heterocycles. The van der Waals surface area contributed by atoms with Crippen LogP contribution in [0.25, 0.3) is 0 Å². The molecule has 0 aliphatic rings. The number of hydrogen-bond acceptors (Lipinski definition) is 5. The summed E-state index contributed by atoms with van der Waals surface area (Å²) in [5.41, 5.74) is 3.61. The number of aliphatic hydroxyl groups is 1. The second kappa shape index (κ2) is 10.2. The van der Waals surface area contributed by atoms with Crippen molar-refractivity contribution in [1.82, 2.24) is 4.98 Å². The van der Waals surface area contributed by atoms with Crippen LogP contribution in [0, 0.1) is 6.92 Å². The molecular formula is C23H27N3O2S. The van der Waals surface area contributed by atoms with E-state index in [1.165, 1.54) is 12.3 Å². The van der Waals surface area contributed by atoms with E-state index in [1.807, 2.05) is 0 Å². The quantitative estimate of drug-likeness (QED) is 0.468. The maximum absolute atomic E-state index is 12.7. The molecule has 0 spiro atoms. The fourth-order valence-corrected chi connectivity index (χ4v) is 2.72. The average Bonchev–Trinajstić information content (AvgIpc) is 3.36. The fraction of sp³-hybridized carbons (Fsp3) is 0.304. The van der Waals surface area contributed by atoms with Crippen molar-refractivity contribution >= 4 is 28.1 Å². The van der Waals surface area contributed by atoms with Crippen molar-refractivity contribution in [3.05, 3.63) is 76.1 Å². The van der Waals surface area contributed by atoms with Gasteiger partial charge in [-0.2, -0.15) is 0 Å². The van der Waals surface area contributed by atoms with Crippen molar-refractivity contribution in [2.75, 3.05) is 11.1 Å². The minimum absolute atomic E-state index is 0.00990. The summed E-state index contributed by atoms with van der Waals surface area (Å²) in [6.07, 6.45) is -9.69. The van der Waals surface area contributed by atoms with Crippen molar-refractivity contribution < 1.29 is 27.7 Å². The summed E-state index contributed by atoms with van der Waals surface area (Å²) >= 11 is 0.896. The third kappa shape index (κ3) is 6.69. The van der Waals surface area contributed by atoms with Crippen molar-refractivity contribution in [3.63, 3.8) is 0 Å². The van der Waals surface area contributed by atoms with Gasteiger partial charge in [-0.1, -0.05) is 48.2 Å². The molecule has 0 saturated carbocycles. The number of nitrogens with two attached hydrogens (primary N) is 1. The monoisotopic (exact) mass is 422 g/mol. The number of aromatic nitrogens is 1. The first-order chi connectivity index (χ1) is 19.1. The molecule has 0 aliphatic carbocycles. The first kappa shape index (κ1) is 9.87. The number of nitrogen functional groups attached to an aromatic ring is 1. The Bertz CT molecular complexity index is 1500. The molecule has 1 amide bonds. The Hall–Kier alpha value is -2.70. The molecule has 6 heteroatoms. The first-order valence-electron chi connectivity index (χ1n) is 15.1. The third-order valence-electron chi connectivity index (χ3n) is 3.56.